The smallest absolute Gasteiger partial charge is 0.108 e. The summed E-state index contributed by atoms with van der Waals surface area (Å²) in [6.07, 6.45) is 0.0509. The molecule has 0 radical (unpaired) electrons. The van der Waals surface area contributed by atoms with Crippen LogP contribution in [0.5, 0.6) is 0 Å². The van der Waals surface area contributed by atoms with Gasteiger partial charge in [-0.05, 0) is 18.1 Å². The predicted molar refractivity (Wildman–Crippen MR) is 77.2 cm³/mol. The van der Waals surface area contributed by atoms with Gasteiger partial charge >= 0.3 is 0 Å². The molecule has 0 heterocycles. The summed E-state index contributed by atoms with van der Waals surface area (Å²) in [5.41, 5.74) is 2.33. The van der Waals surface area contributed by atoms with Gasteiger partial charge in [0.25, 0.3) is 0 Å². The second-order valence-corrected chi connectivity index (χ2v) is 4.58. The van der Waals surface area contributed by atoms with Crippen molar-refractivity contribution >= 4 is 0 Å². The molecule has 0 N–H and O–H groups in total. The second kappa shape index (κ2) is 7.07. The van der Waals surface area contributed by atoms with E-state index in [2.05, 4.69) is 24.3 Å². The lowest BCUT2D eigenvalue weighted by Crippen LogP contribution is -2.17. The molecule has 2 nitrogen and oxygen atoms in total. The van der Waals surface area contributed by atoms with Gasteiger partial charge in [0.2, 0.25) is 0 Å². The van der Waals surface area contributed by atoms with E-state index in [1.165, 1.54) is 0 Å². The van der Waals surface area contributed by atoms with Gasteiger partial charge in [-0.1, -0.05) is 60.7 Å². The first-order chi connectivity index (χ1) is 9.31. The van der Waals surface area contributed by atoms with Gasteiger partial charge in [0, 0.05) is 7.11 Å². The molecule has 2 rings (SSSR count). The minimum Gasteiger partial charge on any atom is -0.379 e. The van der Waals surface area contributed by atoms with Crippen molar-refractivity contribution in [1.29, 1.82) is 0 Å². The van der Waals surface area contributed by atoms with Crippen LogP contribution in [0.25, 0.3) is 0 Å². The van der Waals surface area contributed by atoms with Gasteiger partial charge in [-0.15, -0.1) is 0 Å². The monoisotopic (exact) mass is 256 g/mol. The van der Waals surface area contributed by atoms with E-state index in [-0.39, 0.29) is 12.2 Å². The molecule has 1 atom stereocenters. The highest BCUT2D eigenvalue weighted by molar-refractivity contribution is 5.29. The summed E-state index contributed by atoms with van der Waals surface area (Å²) in [4.78, 5) is 0. The Hall–Kier alpha value is -1.64. The van der Waals surface area contributed by atoms with E-state index in [0.29, 0.717) is 6.61 Å². The van der Waals surface area contributed by atoms with Gasteiger partial charge in [-0.3, -0.25) is 0 Å². The van der Waals surface area contributed by atoms with E-state index >= 15 is 0 Å². The maximum Gasteiger partial charge on any atom is 0.108 e. The average molecular weight is 256 g/mol. The fourth-order valence-corrected chi connectivity index (χ4v) is 1.94. The largest absolute Gasteiger partial charge is 0.379 e. The molecule has 0 saturated carbocycles. The highest BCUT2D eigenvalue weighted by atomic mass is 16.5. The minimum absolute atomic E-state index is 0.0417. The van der Waals surface area contributed by atoms with E-state index in [9.17, 15) is 0 Å². The molecule has 0 fully saturated rings. The van der Waals surface area contributed by atoms with Crippen molar-refractivity contribution in [2.45, 2.75) is 19.1 Å². The highest BCUT2D eigenvalue weighted by Gasteiger charge is 2.15. The Morgan fingerprint density at radius 1 is 0.842 bits per heavy atom. The summed E-state index contributed by atoms with van der Waals surface area (Å²) in [6, 6.07) is 20.5. The van der Waals surface area contributed by atoms with E-state index in [1.54, 1.807) is 7.11 Å². The third-order valence-corrected chi connectivity index (χ3v) is 3.10. The van der Waals surface area contributed by atoms with Crippen LogP contribution in [0.4, 0.5) is 0 Å². The molecule has 0 saturated heterocycles. The van der Waals surface area contributed by atoms with Gasteiger partial charge in [-0.2, -0.15) is 0 Å². The molecule has 0 bridgehead atoms. The van der Waals surface area contributed by atoms with E-state index < -0.39 is 0 Å². The molecule has 1 unspecified atom stereocenters. The first-order valence-corrected chi connectivity index (χ1v) is 6.55. The van der Waals surface area contributed by atoms with Crippen LogP contribution in [0.1, 0.15) is 24.2 Å². The lowest BCUT2D eigenvalue weighted by molar-refractivity contribution is -0.00680. The van der Waals surface area contributed by atoms with Crippen molar-refractivity contribution in [2.75, 3.05) is 13.7 Å². The van der Waals surface area contributed by atoms with Crippen LogP contribution in [0.2, 0.25) is 0 Å². The fourth-order valence-electron chi connectivity index (χ4n) is 1.94. The summed E-state index contributed by atoms with van der Waals surface area (Å²) in [6.45, 7) is 2.58. The van der Waals surface area contributed by atoms with Crippen molar-refractivity contribution in [3.63, 3.8) is 0 Å². The maximum absolute atomic E-state index is 6.04. The van der Waals surface area contributed by atoms with E-state index in [4.69, 9.17) is 9.47 Å². The molecule has 0 aromatic heterocycles. The normalized spacial score (nSPS) is 12.6. The summed E-state index contributed by atoms with van der Waals surface area (Å²) >= 11 is 0. The van der Waals surface area contributed by atoms with Gasteiger partial charge in [0.15, 0.2) is 0 Å². The predicted octanol–water partition coefficient (Wildman–Crippen LogP) is 3.83. The Bertz CT molecular complexity index is 428. The zero-order chi connectivity index (χ0) is 13.5. The Kier molecular flexibility index (Phi) is 5.13. The number of methoxy groups -OCH3 is 1. The molecule has 2 aromatic carbocycles. The van der Waals surface area contributed by atoms with Crippen LogP contribution in [-0.2, 0) is 9.47 Å². The summed E-state index contributed by atoms with van der Waals surface area (Å²) in [5.74, 6) is 0. The number of hydrogen-bond donors (Lipinski definition) is 0. The van der Waals surface area contributed by atoms with Crippen LogP contribution in [0, 0.1) is 0 Å². The first kappa shape index (κ1) is 13.8. The third-order valence-electron chi connectivity index (χ3n) is 3.10. The SMILES string of the molecule is COC(C)COC(c1ccccc1)c1ccccc1. The van der Waals surface area contributed by atoms with Gasteiger partial charge in [-0.25, -0.2) is 0 Å². The fraction of sp³-hybridized carbons (Fsp3) is 0.294. The summed E-state index contributed by atoms with van der Waals surface area (Å²) in [5, 5.41) is 0. The van der Waals surface area contributed by atoms with E-state index in [0.717, 1.165) is 11.1 Å². The van der Waals surface area contributed by atoms with Crippen molar-refractivity contribution in [3.8, 4) is 0 Å². The van der Waals surface area contributed by atoms with E-state index in [1.807, 2.05) is 43.3 Å². The molecule has 0 aliphatic heterocycles. The average Bonchev–Trinajstić information content (AvgIpc) is 2.49. The topological polar surface area (TPSA) is 18.5 Å². The molecule has 100 valence electrons. The lowest BCUT2D eigenvalue weighted by atomic mass is 10.0. The molecule has 0 aliphatic carbocycles. The van der Waals surface area contributed by atoms with Crippen LogP contribution >= 0.6 is 0 Å². The maximum atomic E-state index is 6.04. The molecule has 2 aromatic rings. The Balaban J connectivity index is 2.19. The summed E-state index contributed by atoms with van der Waals surface area (Å²) < 4.78 is 11.3. The van der Waals surface area contributed by atoms with Crippen LogP contribution < -0.4 is 0 Å². The molecule has 0 amide bonds. The van der Waals surface area contributed by atoms with Gasteiger partial charge < -0.3 is 9.47 Å². The second-order valence-electron chi connectivity index (χ2n) is 4.58. The number of ether oxygens (including phenoxy) is 2. The first-order valence-electron chi connectivity index (χ1n) is 6.55. The highest BCUT2D eigenvalue weighted by Crippen LogP contribution is 2.25. The number of benzene rings is 2. The molecular weight excluding hydrogens is 236 g/mol. The molecule has 0 aliphatic rings. The Morgan fingerprint density at radius 3 is 1.74 bits per heavy atom. The molecule has 0 spiro atoms. The van der Waals surface area contributed by atoms with Crippen LogP contribution in [0.15, 0.2) is 60.7 Å². The Labute approximate surface area is 115 Å². The molecular formula is C17H20O2. The van der Waals surface area contributed by atoms with Gasteiger partial charge in [0.05, 0.1) is 12.7 Å². The van der Waals surface area contributed by atoms with Crippen molar-refractivity contribution in [3.05, 3.63) is 71.8 Å². The quantitative estimate of drug-likeness (QED) is 0.782. The minimum atomic E-state index is -0.0417. The van der Waals surface area contributed by atoms with Crippen LogP contribution in [0.3, 0.4) is 0 Å². The van der Waals surface area contributed by atoms with Crippen molar-refractivity contribution in [1.82, 2.24) is 0 Å². The van der Waals surface area contributed by atoms with Gasteiger partial charge in [0.1, 0.15) is 6.10 Å². The Morgan fingerprint density at radius 2 is 1.32 bits per heavy atom. The molecule has 2 heteroatoms. The number of hydrogen-bond acceptors (Lipinski definition) is 2. The van der Waals surface area contributed by atoms with Crippen LogP contribution in [-0.4, -0.2) is 19.8 Å². The van der Waals surface area contributed by atoms with Crippen molar-refractivity contribution in [2.24, 2.45) is 0 Å². The standard InChI is InChI=1S/C17H20O2/c1-14(18-2)13-19-17(15-9-5-3-6-10-15)16-11-7-4-8-12-16/h3-12,14,17H,13H2,1-2H3. The lowest BCUT2D eigenvalue weighted by Gasteiger charge is -2.21. The zero-order valence-electron chi connectivity index (χ0n) is 11.5. The molecule has 19 heavy (non-hydrogen) atoms. The number of rotatable bonds is 6. The third kappa shape index (κ3) is 3.91. The summed E-state index contributed by atoms with van der Waals surface area (Å²) in [7, 11) is 1.70. The van der Waals surface area contributed by atoms with Crippen molar-refractivity contribution < 1.29 is 9.47 Å². The zero-order valence-corrected chi connectivity index (χ0v) is 11.5.